The Balaban J connectivity index is 1.29. The molecule has 4 rings (SSSR count). The third-order valence-electron chi connectivity index (χ3n) is 5.94. The first kappa shape index (κ1) is 23.9. The van der Waals surface area contributed by atoms with Gasteiger partial charge in [0.05, 0.1) is 29.6 Å². The highest BCUT2D eigenvalue weighted by Crippen LogP contribution is 2.31. The molecule has 2 amide bonds. The number of benzene rings is 3. The third kappa shape index (κ3) is 5.46. The average Bonchev–Trinajstić information content (AvgIpc) is 3.32. The smallest absolute Gasteiger partial charge is 0.253 e. The summed E-state index contributed by atoms with van der Waals surface area (Å²) in [6.45, 7) is 0.539. The van der Waals surface area contributed by atoms with Crippen LogP contribution < -0.4 is 20.7 Å². The van der Waals surface area contributed by atoms with E-state index in [-0.39, 0.29) is 11.8 Å². The number of hydrogen-bond donors (Lipinski definition) is 3. The van der Waals surface area contributed by atoms with Crippen molar-refractivity contribution >= 4 is 39.8 Å². The van der Waals surface area contributed by atoms with E-state index in [0.29, 0.717) is 35.7 Å². The van der Waals surface area contributed by atoms with Crippen molar-refractivity contribution in [2.75, 3.05) is 24.3 Å². The highest BCUT2D eigenvalue weighted by Gasteiger charge is 2.19. The number of aromatic amines is 1. The van der Waals surface area contributed by atoms with Gasteiger partial charge in [0, 0.05) is 30.2 Å². The molecule has 3 aromatic carbocycles. The molecule has 1 heterocycles. The first-order valence-corrected chi connectivity index (χ1v) is 11.7. The van der Waals surface area contributed by atoms with Crippen LogP contribution in [0.3, 0.4) is 0 Å². The molecule has 35 heavy (non-hydrogen) atoms. The Morgan fingerprint density at radius 3 is 2.49 bits per heavy atom. The lowest BCUT2D eigenvalue weighted by molar-refractivity contribution is -0.118. The summed E-state index contributed by atoms with van der Waals surface area (Å²) in [5, 5.41) is 3.80. The summed E-state index contributed by atoms with van der Waals surface area (Å²) in [5.41, 5.74) is 9.60. The number of unbranched alkanes of at least 4 members (excludes halogenated alkanes) is 2. The molecule has 0 atom stereocenters. The molecule has 1 aromatic heterocycles. The maximum Gasteiger partial charge on any atom is 0.253 e. The van der Waals surface area contributed by atoms with Gasteiger partial charge in [0.2, 0.25) is 5.91 Å². The number of ether oxygens (including phenoxy) is 1. The second-order valence-corrected chi connectivity index (χ2v) is 8.28. The molecule has 0 saturated heterocycles. The average molecular weight is 471 g/mol. The summed E-state index contributed by atoms with van der Waals surface area (Å²) < 4.78 is 5.34. The van der Waals surface area contributed by atoms with Crippen molar-refractivity contribution in [1.82, 2.24) is 10.3 Å². The van der Waals surface area contributed by atoms with Crippen LogP contribution in [0.2, 0.25) is 0 Å². The number of nitrogens with two attached hydrogens (primary N) is 1. The van der Waals surface area contributed by atoms with Crippen LogP contribution in [0.1, 0.15) is 36.0 Å². The molecule has 4 aromatic rings. The number of nitrogens with zero attached hydrogens (tertiary/aromatic N) is 1. The van der Waals surface area contributed by atoms with Crippen molar-refractivity contribution in [3.63, 3.8) is 0 Å². The van der Waals surface area contributed by atoms with Crippen LogP contribution in [0.25, 0.3) is 10.9 Å². The zero-order valence-corrected chi connectivity index (χ0v) is 19.8. The molecule has 7 heteroatoms. The van der Waals surface area contributed by atoms with Crippen molar-refractivity contribution < 1.29 is 14.3 Å². The van der Waals surface area contributed by atoms with Crippen LogP contribution in [0.5, 0.6) is 5.75 Å². The van der Waals surface area contributed by atoms with Crippen LogP contribution in [0.15, 0.2) is 79.0 Å². The minimum absolute atomic E-state index is 0.00845. The Bertz CT molecular complexity index is 1300. The van der Waals surface area contributed by atoms with Gasteiger partial charge in [0.15, 0.2) is 0 Å². The van der Waals surface area contributed by atoms with Crippen molar-refractivity contribution in [2.45, 2.75) is 25.7 Å². The molecule has 7 nitrogen and oxygen atoms in total. The molecular formula is C28H30N4O3. The lowest BCUT2D eigenvalue weighted by atomic mass is 10.1. The Hall–Kier alpha value is -4.26. The number of carbonyl (C=O) groups is 2. The maximum atomic E-state index is 13.2. The van der Waals surface area contributed by atoms with Gasteiger partial charge in [0.25, 0.3) is 5.91 Å². The number of nitrogens with one attached hydrogen (secondary N) is 2. The normalized spacial score (nSPS) is 10.8. The summed E-state index contributed by atoms with van der Waals surface area (Å²) in [4.78, 5) is 30.6. The predicted octanol–water partition coefficient (Wildman–Crippen LogP) is 5.41. The van der Waals surface area contributed by atoms with Gasteiger partial charge in [0.1, 0.15) is 5.75 Å². The molecule has 0 aliphatic heterocycles. The first-order chi connectivity index (χ1) is 17.1. The van der Waals surface area contributed by atoms with E-state index in [1.54, 1.807) is 24.3 Å². The molecular weight excluding hydrogens is 440 g/mol. The van der Waals surface area contributed by atoms with Gasteiger partial charge in [-0.3, -0.25) is 14.5 Å². The SMILES string of the molecule is COc1cccc2c(C(=O)NCCCCCC(=O)N(c3ccccc3)c3ccccc3N)c[nH]c12. The molecule has 0 saturated carbocycles. The lowest BCUT2D eigenvalue weighted by Gasteiger charge is -2.24. The molecule has 0 aliphatic rings. The number of hydrogen-bond acceptors (Lipinski definition) is 4. The maximum absolute atomic E-state index is 13.2. The van der Waals surface area contributed by atoms with E-state index in [0.717, 1.165) is 35.9 Å². The highest BCUT2D eigenvalue weighted by molar-refractivity contribution is 6.08. The van der Waals surface area contributed by atoms with Gasteiger partial charge in [-0.15, -0.1) is 0 Å². The molecule has 0 aliphatic carbocycles. The van der Waals surface area contributed by atoms with Crippen LogP contribution in [-0.2, 0) is 4.79 Å². The number of amides is 2. The fourth-order valence-electron chi connectivity index (χ4n) is 4.16. The fraction of sp³-hybridized carbons (Fsp3) is 0.214. The molecule has 0 radical (unpaired) electrons. The quantitative estimate of drug-likeness (QED) is 0.213. The fourth-order valence-corrected chi connectivity index (χ4v) is 4.16. The molecule has 0 fully saturated rings. The number of methoxy groups -OCH3 is 1. The summed E-state index contributed by atoms with van der Waals surface area (Å²) in [6.07, 6.45) is 4.41. The first-order valence-electron chi connectivity index (χ1n) is 11.7. The van der Waals surface area contributed by atoms with Gasteiger partial charge in [-0.25, -0.2) is 0 Å². The van der Waals surface area contributed by atoms with Crippen LogP contribution in [0, 0.1) is 0 Å². The largest absolute Gasteiger partial charge is 0.495 e. The van der Waals surface area contributed by atoms with Crippen molar-refractivity contribution in [3.05, 3.63) is 84.6 Å². The standard InChI is InChI=1S/C28H30N4O3/c1-35-25-16-10-13-21-22(19-31-27(21)25)28(34)30-18-9-3-6-17-26(33)32(20-11-4-2-5-12-20)24-15-8-7-14-23(24)29/h2,4-5,7-8,10-16,19,31H,3,6,9,17-18,29H2,1H3,(H,30,34). The Labute approximate surface area is 204 Å². The van der Waals surface area contributed by atoms with Crippen molar-refractivity contribution in [2.24, 2.45) is 0 Å². The van der Waals surface area contributed by atoms with E-state index in [1.165, 1.54) is 0 Å². The van der Waals surface area contributed by atoms with E-state index in [1.807, 2.05) is 66.7 Å². The molecule has 0 unspecified atom stereocenters. The van der Waals surface area contributed by atoms with E-state index in [4.69, 9.17) is 10.5 Å². The van der Waals surface area contributed by atoms with E-state index < -0.39 is 0 Å². The summed E-state index contributed by atoms with van der Waals surface area (Å²) >= 11 is 0. The van der Waals surface area contributed by atoms with Crippen molar-refractivity contribution in [3.8, 4) is 5.75 Å². The number of fused-ring (bicyclic) bond motifs is 1. The van der Waals surface area contributed by atoms with Crippen LogP contribution in [0.4, 0.5) is 17.1 Å². The molecule has 0 spiro atoms. The second kappa shape index (κ2) is 11.2. The van der Waals surface area contributed by atoms with Gasteiger partial charge < -0.3 is 20.8 Å². The molecule has 0 bridgehead atoms. The van der Waals surface area contributed by atoms with Crippen LogP contribution >= 0.6 is 0 Å². The summed E-state index contributed by atoms with van der Waals surface area (Å²) in [6, 6.07) is 22.5. The lowest BCUT2D eigenvalue weighted by Crippen LogP contribution is -2.26. The Morgan fingerprint density at radius 2 is 1.71 bits per heavy atom. The zero-order chi connectivity index (χ0) is 24.6. The molecule has 180 valence electrons. The topological polar surface area (TPSA) is 100 Å². The zero-order valence-electron chi connectivity index (χ0n) is 19.8. The number of anilines is 3. The number of H-pyrrole nitrogens is 1. The second-order valence-electron chi connectivity index (χ2n) is 8.28. The monoisotopic (exact) mass is 470 g/mol. The minimum atomic E-state index is -0.129. The summed E-state index contributed by atoms with van der Waals surface area (Å²) in [7, 11) is 1.61. The summed E-state index contributed by atoms with van der Waals surface area (Å²) in [5.74, 6) is 0.564. The van der Waals surface area contributed by atoms with Crippen LogP contribution in [-0.4, -0.2) is 30.5 Å². The van der Waals surface area contributed by atoms with Crippen molar-refractivity contribution in [1.29, 1.82) is 0 Å². The van der Waals surface area contributed by atoms with Gasteiger partial charge in [-0.1, -0.05) is 48.9 Å². The Kier molecular flexibility index (Phi) is 7.67. The minimum Gasteiger partial charge on any atom is -0.495 e. The molecule has 4 N–H and O–H groups in total. The highest BCUT2D eigenvalue weighted by atomic mass is 16.5. The third-order valence-corrected chi connectivity index (χ3v) is 5.94. The number of carbonyl (C=O) groups excluding carboxylic acids is 2. The number of para-hydroxylation sites is 4. The van der Waals surface area contributed by atoms with Gasteiger partial charge in [-0.05, 0) is 43.2 Å². The van der Waals surface area contributed by atoms with Gasteiger partial charge >= 0.3 is 0 Å². The van der Waals surface area contributed by atoms with E-state index >= 15 is 0 Å². The number of aromatic nitrogens is 1. The van der Waals surface area contributed by atoms with E-state index in [2.05, 4.69) is 10.3 Å². The van der Waals surface area contributed by atoms with Gasteiger partial charge in [-0.2, -0.15) is 0 Å². The predicted molar refractivity (Wildman–Crippen MR) is 140 cm³/mol. The number of rotatable bonds is 10. The van der Waals surface area contributed by atoms with E-state index in [9.17, 15) is 9.59 Å². The Morgan fingerprint density at radius 1 is 0.943 bits per heavy atom. The number of nitrogen functional groups attached to an aromatic ring is 1.